The summed E-state index contributed by atoms with van der Waals surface area (Å²) >= 11 is 0. The van der Waals surface area contributed by atoms with E-state index in [4.69, 9.17) is 0 Å². The molecule has 0 aromatic heterocycles. The Labute approximate surface area is 80.2 Å². The Hall–Kier alpha value is -0.820. The van der Waals surface area contributed by atoms with E-state index >= 15 is 0 Å². The van der Waals surface area contributed by atoms with Crippen molar-refractivity contribution in [1.29, 1.82) is 0 Å². The molecular weight excluding hydrogens is 158 g/mol. The molecule has 13 heavy (non-hydrogen) atoms. The first-order valence-corrected chi connectivity index (χ1v) is 5.17. The van der Waals surface area contributed by atoms with Gasteiger partial charge in [-0.05, 0) is 37.4 Å². The maximum atomic E-state index is 3.40. The van der Waals surface area contributed by atoms with Gasteiger partial charge in [0.15, 0.2) is 0 Å². The Morgan fingerprint density at radius 1 is 1.23 bits per heavy atom. The molecule has 0 saturated heterocycles. The highest BCUT2D eigenvalue weighted by atomic mass is 14.9. The summed E-state index contributed by atoms with van der Waals surface area (Å²) in [5.74, 6) is 0. The zero-order valence-electron chi connectivity index (χ0n) is 8.22. The zero-order valence-corrected chi connectivity index (χ0v) is 8.22. The fourth-order valence-corrected chi connectivity index (χ4v) is 2.22. The van der Waals surface area contributed by atoms with E-state index in [1.54, 1.807) is 5.56 Å². The van der Waals surface area contributed by atoms with Gasteiger partial charge in [0.25, 0.3) is 0 Å². The Bertz CT molecular complexity index is 280. The van der Waals surface area contributed by atoms with Crippen LogP contribution in [-0.4, -0.2) is 7.05 Å². The molecule has 0 spiro atoms. The Balaban J connectivity index is 2.35. The molecule has 0 radical (unpaired) electrons. The normalized spacial score (nSPS) is 22.1. The molecule has 2 rings (SSSR count). The van der Waals surface area contributed by atoms with E-state index in [9.17, 15) is 0 Å². The minimum absolute atomic E-state index is 0.582. The molecule has 1 N–H and O–H groups in total. The zero-order chi connectivity index (χ0) is 9.10. The maximum absolute atomic E-state index is 3.40. The topological polar surface area (TPSA) is 12.0 Å². The van der Waals surface area contributed by atoms with Gasteiger partial charge in [0.2, 0.25) is 0 Å². The number of nitrogens with one attached hydrogen (secondary N) is 1. The molecule has 70 valence electrons. The third kappa shape index (κ3) is 1.75. The SMILES string of the molecule is CN[C@H]1CCCCc2ccccc21. The van der Waals surface area contributed by atoms with E-state index in [2.05, 4.69) is 36.6 Å². The first kappa shape index (κ1) is 8.76. The Kier molecular flexibility index (Phi) is 2.65. The summed E-state index contributed by atoms with van der Waals surface area (Å²) in [4.78, 5) is 0. The van der Waals surface area contributed by atoms with Crippen LogP contribution in [0.4, 0.5) is 0 Å². The quantitative estimate of drug-likeness (QED) is 0.647. The highest BCUT2D eigenvalue weighted by Crippen LogP contribution is 2.27. The van der Waals surface area contributed by atoms with Crippen LogP contribution in [0.15, 0.2) is 24.3 Å². The van der Waals surface area contributed by atoms with Crippen molar-refractivity contribution in [1.82, 2.24) is 5.32 Å². The van der Waals surface area contributed by atoms with Gasteiger partial charge in [-0.25, -0.2) is 0 Å². The predicted molar refractivity (Wildman–Crippen MR) is 55.8 cm³/mol. The number of rotatable bonds is 1. The molecule has 0 heterocycles. The molecule has 0 amide bonds. The molecule has 1 aromatic rings. The Morgan fingerprint density at radius 3 is 2.92 bits per heavy atom. The molecule has 1 nitrogen and oxygen atoms in total. The number of hydrogen-bond acceptors (Lipinski definition) is 1. The second-order valence-corrected chi connectivity index (χ2v) is 3.79. The molecular formula is C12H17N. The monoisotopic (exact) mass is 175 g/mol. The summed E-state index contributed by atoms with van der Waals surface area (Å²) < 4.78 is 0. The van der Waals surface area contributed by atoms with Gasteiger partial charge in [-0.1, -0.05) is 30.7 Å². The van der Waals surface area contributed by atoms with Crippen molar-refractivity contribution in [2.75, 3.05) is 7.05 Å². The largest absolute Gasteiger partial charge is 0.313 e. The second kappa shape index (κ2) is 3.93. The summed E-state index contributed by atoms with van der Waals surface area (Å²) in [6.07, 6.45) is 5.23. The lowest BCUT2D eigenvalue weighted by Crippen LogP contribution is -2.16. The molecule has 1 aliphatic rings. The summed E-state index contributed by atoms with van der Waals surface area (Å²) in [6, 6.07) is 9.41. The van der Waals surface area contributed by atoms with Crippen LogP contribution in [0.2, 0.25) is 0 Å². The lowest BCUT2D eigenvalue weighted by Gasteiger charge is -2.16. The fraction of sp³-hybridized carbons (Fsp3) is 0.500. The molecule has 0 saturated carbocycles. The number of aryl methyl sites for hydroxylation is 1. The number of hydrogen-bond donors (Lipinski definition) is 1. The smallest absolute Gasteiger partial charge is 0.0320 e. The van der Waals surface area contributed by atoms with Crippen LogP contribution < -0.4 is 5.32 Å². The maximum Gasteiger partial charge on any atom is 0.0320 e. The minimum Gasteiger partial charge on any atom is -0.313 e. The molecule has 1 aromatic carbocycles. The van der Waals surface area contributed by atoms with E-state index < -0.39 is 0 Å². The fourth-order valence-electron chi connectivity index (χ4n) is 2.22. The lowest BCUT2D eigenvalue weighted by molar-refractivity contribution is 0.533. The first-order valence-electron chi connectivity index (χ1n) is 5.17. The van der Waals surface area contributed by atoms with Gasteiger partial charge in [0.1, 0.15) is 0 Å². The standard InChI is InChI=1S/C12H17N/c1-13-12-9-5-3-7-10-6-2-4-8-11(10)12/h2,4,6,8,12-13H,3,5,7,9H2,1H3/t12-/m0/s1. The van der Waals surface area contributed by atoms with E-state index in [1.165, 1.54) is 31.2 Å². The molecule has 0 fully saturated rings. The average Bonchev–Trinajstić information content (AvgIpc) is 2.39. The average molecular weight is 175 g/mol. The van der Waals surface area contributed by atoms with Gasteiger partial charge < -0.3 is 5.32 Å². The van der Waals surface area contributed by atoms with Crippen LogP contribution in [0.5, 0.6) is 0 Å². The van der Waals surface area contributed by atoms with Crippen molar-refractivity contribution in [2.24, 2.45) is 0 Å². The molecule has 0 unspecified atom stereocenters. The van der Waals surface area contributed by atoms with Crippen molar-refractivity contribution >= 4 is 0 Å². The molecule has 0 aliphatic heterocycles. The Morgan fingerprint density at radius 2 is 2.08 bits per heavy atom. The van der Waals surface area contributed by atoms with Crippen LogP contribution in [-0.2, 0) is 6.42 Å². The van der Waals surface area contributed by atoms with Crippen LogP contribution >= 0.6 is 0 Å². The van der Waals surface area contributed by atoms with E-state index in [-0.39, 0.29) is 0 Å². The van der Waals surface area contributed by atoms with Crippen molar-refractivity contribution in [3.05, 3.63) is 35.4 Å². The van der Waals surface area contributed by atoms with Crippen molar-refractivity contribution in [2.45, 2.75) is 31.7 Å². The van der Waals surface area contributed by atoms with E-state index in [1.807, 2.05) is 0 Å². The molecule has 1 aliphatic carbocycles. The van der Waals surface area contributed by atoms with Crippen LogP contribution in [0.1, 0.15) is 36.4 Å². The van der Waals surface area contributed by atoms with Crippen molar-refractivity contribution < 1.29 is 0 Å². The minimum atomic E-state index is 0.582. The van der Waals surface area contributed by atoms with Gasteiger partial charge >= 0.3 is 0 Å². The van der Waals surface area contributed by atoms with Crippen LogP contribution in [0.25, 0.3) is 0 Å². The van der Waals surface area contributed by atoms with Gasteiger partial charge in [0.05, 0.1) is 0 Å². The highest BCUT2D eigenvalue weighted by Gasteiger charge is 2.15. The van der Waals surface area contributed by atoms with Crippen LogP contribution in [0.3, 0.4) is 0 Å². The lowest BCUT2D eigenvalue weighted by atomic mass is 9.99. The second-order valence-electron chi connectivity index (χ2n) is 3.79. The summed E-state index contributed by atoms with van der Waals surface area (Å²) in [6.45, 7) is 0. The first-order chi connectivity index (χ1) is 6.42. The van der Waals surface area contributed by atoms with Crippen molar-refractivity contribution in [3.63, 3.8) is 0 Å². The summed E-state index contributed by atoms with van der Waals surface area (Å²) in [5.41, 5.74) is 3.06. The number of fused-ring (bicyclic) bond motifs is 1. The third-order valence-electron chi connectivity index (χ3n) is 2.97. The van der Waals surface area contributed by atoms with Gasteiger partial charge in [-0.3, -0.25) is 0 Å². The molecule has 1 heteroatoms. The highest BCUT2D eigenvalue weighted by molar-refractivity contribution is 5.30. The van der Waals surface area contributed by atoms with E-state index in [0.717, 1.165) is 0 Å². The van der Waals surface area contributed by atoms with E-state index in [0.29, 0.717) is 6.04 Å². The van der Waals surface area contributed by atoms with Gasteiger partial charge in [-0.2, -0.15) is 0 Å². The third-order valence-corrected chi connectivity index (χ3v) is 2.97. The molecule has 1 atom stereocenters. The molecule has 0 bridgehead atoms. The van der Waals surface area contributed by atoms with Gasteiger partial charge in [0, 0.05) is 6.04 Å². The predicted octanol–water partition coefficient (Wildman–Crippen LogP) is 2.67. The van der Waals surface area contributed by atoms with Crippen LogP contribution in [0, 0.1) is 0 Å². The van der Waals surface area contributed by atoms with Crippen molar-refractivity contribution in [3.8, 4) is 0 Å². The van der Waals surface area contributed by atoms with Gasteiger partial charge in [-0.15, -0.1) is 0 Å². The summed E-state index contributed by atoms with van der Waals surface area (Å²) in [7, 11) is 2.06. The summed E-state index contributed by atoms with van der Waals surface area (Å²) in [5, 5.41) is 3.40. The number of benzene rings is 1.